The van der Waals surface area contributed by atoms with Crippen LogP contribution in [0.4, 0.5) is 5.69 Å². The van der Waals surface area contributed by atoms with Gasteiger partial charge in [-0.15, -0.1) is 11.3 Å². The number of hydrogen-bond donors (Lipinski definition) is 1. The van der Waals surface area contributed by atoms with Crippen LogP contribution in [0.1, 0.15) is 15.2 Å². The van der Waals surface area contributed by atoms with Crippen molar-refractivity contribution in [2.45, 2.75) is 0 Å². The number of ether oxygens (including phenoxy) is 1. The van der Waals surface area contributed by atoms with Gasteiger partial charge in [0.15, 0.2) is 6.61 Å². The molecule has 0 saturated heterocycles. The van der Waals surface area contributed by atoms with Crippen molar-refractivity contribution in [1.29, 1.82) is 5.26 Å². The number of nitrogens with zero attached hydrogens (tertiary/aromatic N) is 1. The number of hydrogen-bond acceptors (Lipinski definition) is 5. The Balaban J connectivity index is 1.62. The third-order valence-corrected chi connectivity index (χ3v) is 5.01. The van der Waals surface area contributed by atoms with Crippen molar-refractivity contribution in [3.05, 3.63) is 64.0 Å². The number of halogens is 1. The summed E-state index contributed by atoms with van der Waals surface area (Å²) in [5, 5.41) is 12.4. The molecule has 0 atom stereocenters. The van der Waals surface area contributed by atoms with E-state index in [0.717, 1.165) is 10.1 Å². The van der Waals surface area contributed by atoms with Crippen molar-refractivity contribution < 1.29 is 14.3 Å². The quantitative estimate of drug-likeness (QED) is 0.697. The molecule has 0 aliphatic heterocycles. The summed E-state index contributed by atoms with van der Waals surface area (Å²) >= 11 is 7.43. The molecule has 124 valence electrons. The number of anilines is 1. The van der Waals surface area contributed by atoms with Crippen LogP contribution in [0.25, 0.3) is 10.1 Å². The first-order valence-electron chi connectivity index (χ1n) is 7.22. The minimum atomic E-state index is -0.638. The van der Waals surface area contributed by atoms with Crippen LogP contribution in [0.5, 0.6) is 0 Å². The van der Waals surface area contributed by atoms with Crippen molar-refractivity contribution in [2.75, 3.05) is 11.9 Å². The molecule has 0 saturated carbocycles. The van der Waals surface area contributed by atoms with E-state index in [-0.39, 0.29) is 4.88 Å². The van der Waals surface area contributed by atoms with Gasteiger partial charge < -0.3 is 10.1 Å². The van der Waals surface area contributed by atoms with Gasteiger partial charge in [-0.25, -0.2) is 4.79 Å². The number of fused-ring (bicyclic) bond motifs is 1. The van der Waals surface area contributed by atoms with Gasteiger partial charge in [-0.05, 0) is 30.3 Å². The van der Waals surface area contributed by atoms with Crippen LogP contribution in [0.2, 0.25) is 5.02 Å². The highest BCUT2D eigenvalue weighted by Gasteiger charge is 2.19. The maximum Gasteiger partial charge on any atom is 0.350 e. The summed E-state index contributed by atoms with van der Waals surface area (Å²) in [6.45, 7) is -0.427. The number of carbonyl (C=O) groups excluding carboxylic acids is 2. The number of carbonyl (C=O) groups is 2. The fraction of sp³-hybridized carbons (Fsp3) is 0.0556. The summed E-state index contributed by atoms with van der Waals surface area (Å²) in [5.41, 5.74) is 1.00. The second-order valence-electron chi connectivity index (χ2n) is 5.05. The normalized spacial score (nSPS) is 10.2. The van der Waals surface area contributed by atoms with Gasteiger partial charge in [-0.3, -0.25) is 4.79 Å². The molecule has 0 bridgehead atoms. The standard InChI is InChI=1S/C18H11ClN2O3S/c19-16-13-3-1-2-4-14(13)25-17(16)18(23)24-10-15(22)21-12-7-5-11(9-20)6-8-12/h1-8H,10H2,(H,21,22). The first kappa shape index (κ1) is 17.0. The molecule has 2 aromatic carbocycles. The molecule has 0 spiro atoms. The van der Waals surface area contributed by atoms with Gasteiger partial charge in [0, 0.05) is 15.8 Å². The molecule has 1 N–H and O–H groups in total. The monoisotopic (exact) mass is 370 g/mol. The predicted molar refractivity (Wildman–Crippen MR) is 96.9 cm³/mol. The average Bonchev–Trinajstić information content (AvgIpc) is 2.97. The lowest BCUT2D eigenvalue weighted by Crippen LogP contribution is -2.20. The van der Waals surface area contributed by atoms with E-state index < -0.39 is 18.5 Å². The van der Waals surface area contributed by atoms with Gasteiger partial charge in [0.05, 0.1) is 16.7 Å². The topological polar surface area (TPSA) is 79.2 Å². The molecule has 0 radical (unpaired) electrons. The van der Waals surface area contributed by atoms with E-state index >= 15 is 0 Å². The molecule has 3 rings (SSSR count). The lowest BCUT2D eigenvalue weighted by Gasteiger charge is -2.06. The lowest BCUT2D eigenvalue weighted by atomic mass is 10.2. The number of rotatable bonds is 4. The zero-order chi connectivity index (χ0) is 17.8. The Bertz CT molecular complexity index is 990. The molecule has 1 heterocycles. The van der Waals surface area contributed by atoms with Crippen LogP contribution in [-0.2, 0) is 9.53 Å². The Morgan fingerprint density at radius 3 is 2.56 bits per heavy atom. The largest absolute Gasteiger partial charge is 0.451 e. The SMILES string of the molecule is N#Cc1ccc(NC(=O)COC(=O)c2sc3ccccc3c2Cl)cc1. The number of benzene rings is 2. The smallest absolute Gasteiger partial charge is 0.350 e. The van der Waals surface area contributed by atoms with E-state index in [1.165, 1.54) is 11.3 Å². The highest BCUT2D eigenvalue weighted by atomic mass is 35.5. The van der Waals surface area contributed by atoms with E-state index in [4.69, 9.17) is 21.6 Å². The molecular weight excluding hydrogens is 360 g/mol. The Hall–Kier alpha value is -2.88. The molecule has 3 aromatic rings. The van der Waals surface area contributed by atoms with Crippen LogP contribution < -0.4 is 5.32 Å². The molecule has 0 fully saturated rings. The fourth-order valence-corrected chi connectivity index (χ4v) is 3.57. The van der Waals surface area contributed by atoms with Crippen molar-refractivity contribution in [1.82, 2.24) is 0 Å². The molecule has 5 nitrogen and oxygen atoms in total. The maximum atomic E-state index is 12.2. The van der Waals surface area contributed by atoms with E-state index in [1.54, 1.807) is 24.3 Å². The van der Waals surface area contributed by atoms with Gasteiger partial charge >= 0.3 is 5.97 Å². The van der Waals surface area contributed by atoms with Crippen LogP contribution in [-0.4, -0.2) is 18.5 Å². The summed E-state index contributed by atoms with van der Waals surface area (Å²) in [5.74, 6) is -1.11. The Morgan fingerprint density at radius 2 is 1.88 bits per heavy atom. The van der Waals surface area contributed by atoms with Gasteiger partial charge in [0.1, 0.15) is 4.88 Å². The summed E-state index contributed by atoms with van der Waals surface area (Å²) < 4.78 is 5.92. The number of amides is 1. The van der Waals surface area contributed by atoms with E-state index in [2.05, 4.69) is 5.32 Å². The van der Waals surface area contributed by atoms with Crippen molar-refractivity contribution in [3.63, 3.8) is 0 Å². The minimum Gasteiger partial charge on any atom is -0.451 e. The van der Waals surface area contributed by atoms with Crippen molar-refractivity contribution in [3.8, 4) is 6.07 Å². The summed E-state index contributed by atoms with van der Waals surface area (Å²) in [6.07, 6.45) is 0. The fourth-order valence-electron chi connectivity index (χ4n) is 2.17. The van der Waals surface area contributed by atoms with Crippen LogP contribution in [0, 0.1) is 11.3 Å². The number of thiophene rings is 1. The molecule has 7 heteroatoms. The zero-order valence-corrected chi connectivity index (χ0v) is 14.4. The second-order valence-corrected chi connectivity index (χ2v) is 6.48. The molecule has 0 aliphatic rings. The minimum absolute atomic E-state index is 0.272. The van der Waals surface area contributed by atoms with E-state index in [0.29, 0.717) is 16.3 Å². The molecular formula is C18H11ClN2O3S. The molecule has 0 aliphatic carbocycles. The first-order valence-corrected chi connectivity index (χ1v) is 8.42. The zero-order valence-electron chi connectivity index (χ0n) is 12.8. The second kappa shape index (κ2) is 7.34. The van der Waals surface area contributed by atoms with Crippen LogP contribution in [0.15, 0.2) is 48.5 Å². The first-order chi connectivity index (χ1) is 12.1. The molecule has 25 heavy (non-hydrogen) atoms. The lowest BCUT2D eigenvalue weighted by molar-refractivity contribution is -0.119. The Labute approximate surface area is 152 Å². The number of nitrogens with one attached hydrogen (secondary N) is 1. The van der Waals surface area contributed by atoms with Crippen LogP contribution >= 0.6 is 22.9 Å². The highest BCUT2D eigenvalue weighted by Crippen LogP contribution is 2.35. The summed E-state index contributed by atoms with van der Waals surface area (Å²) in [6, 6.07) is 15.7. The van der Waals surface area contributed by atoms with Crippen molar-refractivity contribution >= 4 is 50.6 Å². The molecule has 1 aromatic heterocycles. The van der Waals surface area contributed by atoms with Gasteiger partial charge in [-0.1, -0.05) is 29.8 Å². The third-order valence-electron chi connectivity index (χ3n) is 3.35. The van der Waals surface area contributed by atoms with Gasteiger partial charge in [0.25, 0.3) is 5.91 Å². The highest BCUT2D eigenvalue weighted by molar-refractivity contribution is 7.21. The Kier molecular flexibility index (Phi) is 4.98. The van der Waals surface area contributed by atoms with Gasteiger partial charge in [-0.2, -0.15) is 5.26 Å². The van der Waals surface area contributed by atoms with E-state index in [1.807, 2.05) is 30.3 Å². The predicted octanol–water partition coefficient (Wildman–Crippen LogP) is 4.22. The summed E-state index contributed by atoms with van der Waals surface area (Å²) in [7, 11) is 0. The maximum absolute atomic E-state index is 12.2. The third kappa shape index (κ3) is 3.79. The van der Waals surface area contributed by atoms with E-state index in [9.17, 15) is 9.59 Å². The average molecular weight is 371 g/mol. The Morgan fingerprint density at radius 1 is 1.16 bits per heavy atom. The number of esters is 1. The van der Waals surface area contributed by atoms with Crippen LogP contribution in [0.3, 0.4) is 0 Å². The molecule has 1 amide bonds. The van der Waals surface area contributed by atoms with Crippen molar-refractivity contribution in [2.24, 2.45) is 0 Å². The number of nitriles is 1. The molecule has 0 unspecified atom stereocenters. The summed E-state index contributed by atoms with van der Waals surface area (Å²) in [4.78, 5) is 24.3. The van der Waals surface area contributed by atoms with Gasteiger partial charge in [0.2, 0.25) is 0 Å².